The molecule has 0 aliphatic rings. The molecule has 0 bridgehead atoms. The smallest absolute Gasteiger partial charge is 0.198 e. The predicted molar refractivity (Wildman–Crippen MR) is 53.9 cm³/mol. The Hall–Kier alpha value is -2.04. The molecule has 0 saturated heterocycles. The van der Waals surface area contributed by atoms with Gasteiger partial charge in [0.2, 0.25) is 0 Å². The molecule has 2 rings (SSSR count). The number of ketones is 1. The second-order valence-corrected chi connectivity index (χ2v) is 3.12. The van der Waals surface area contributed by atoms with Gasteiger partial charge in [0.1, 0.15) is 17.2 Å². The van der Waals surface area contributed by atoms with Gasteiger partial charge < -0.3 is 5.73 Å². The third kappa shape index (κ3) is 1.52. The van der Waals surface area contributed by atoms with Gasteiger partial charge in [-0.1, -0.05) is 6.07 Å². The molecule has 0 fully saturated rings. The number of halogens is 1. The summed E-state index contributed by atoms with van der Waals surface area (Å²) in [5.74, 6) is -0.800. The number of anilines is 1. The summed E-state index contributed by atoms with van der Waals surface area (Å²) in [7, 11) is 0. The van der Waals surface area contributed by atoms with Crippen LogP contribution >= 0.6 is 0 Å². The average Bonchev–Trinajstić information content (AvgIpc) is 2.19. The van der Waals surface area contributed by atoms with Crippen LogP contribution in [0.1, 0.15) is 17.5 Å². The first kappa shape index (κ1) is 9.51. The number of nitrogens with two attached hydrogens (primary N) is 1. The molecule has 1 aromatic heterocycles. The predicted octanol–water partition coefficient (Wildman–Crippen LogP) is 1.55. The Morgan fingerprint density at radius 1 is 1.40 bits per heavy atom. The topological polar surface area (TPSA) is 68.9 Å². The fourth-order valence-corrected chi connectivity index (χ4v) is 1.30. The molecule has 1 heterocycles. The second-order valence-electron chi connectivity index (χ2n) is 3.12. The molecule has 0 saturated carbocycles. The molecule has 2 N–H and O–H groups in total. The van der Waals surface area contributed by atoms with E-state index in [1.807, 2.05) is 0 Å². The van der Waals surface area contributed by atoms with Crippen LogP contribution < -0.4 is 5.73 Å². The van der Waals surface area contributed by atoms with Crippen molar-refractivity contribution in [3.05, 3.63) is 29.8 Å². The van der Waals surface area contributed by atoms with Gasteiger partial charge in [-0.05, 0) is 12.1 Å². The van der Waals surface area contributed by atoms with Crippen LogP contribution in [-0.2, 0) is 0 Å². The molecule has 5 heteroatoms. The van der Waals surface area contributed by atoms with Crippen molar-refractivity contribution in [2.75, 3.05) is 5.73 Å². The zero-order chi connectivity index (χ0) is 11.0. The van der Waals surface area contributed by atoms with Crippen LogP contribution in [0.5, 0.6) is 0 Å². The highest BCUT2D eigenvalue weighted by Gasteiger charge is 2.11. The Balaban J connectivity index is 2.85. The summed E-state index contributed by atoms with van der Waals surface area (Å²) >= 11 is 0. The standard InChI is InChI=1S/C10H8FN3O/c1-5(15)10-13-8-6(9(12)14-10)3-2-4-7(8)11/h2-4H,1H3,(H2,12,13,14). The van der Waals surface area contributed by atoms with Gasteiger partial charge in [-0.2, -0.15) is 0 Å². The minimum absolute atomic E-state index is 0.0647. The summed E-state index contributed by atoms with van der Waals surface area (Å²) in [4.78, 5) is 18.7. The highest BCUT2D eigenvalue weighted by atomic mass is 19.1. The molecular weight excluding hydrogens is 197 g/mol. The molecule has 0 aliphatic heterocycles. The van der Waals surface area contributed by atoms with E-state index in [2.05, 4.69) is 9.97 Å². The van der Waals surface area contributed by atoms with Crippen LogP contribution in [0.3, 0.4) is 0 Å². The van der Waals surface area contributed by atoms with Gasteiger partial charge in [0, 0.05) is 12.3 Å². The first-order valence-corrected chi connectivity index (χ1v) is 4.32. The van der Waals surface area contributed by atoms with E-state index in [0.717, 1.165) is 0 Å². The van der Waals surface area contributed by atoms with Crippen molar-refractivity contribution in [1.29, 1.82) is 0 Å². The van der Waals surface area contributed by atoms with E-state index in [4.69, 9.17) is 5.73 Å². The van der Waals surface area contributed by atoms with Gasteiger partial charge in [-0.15, -0.1) is 0 Å². The third-order valence-corrected chi connectivity index (χ3v) is 2.02. The second kappa shape index (κ2) is 3.27. The van der Waals surface area contributed by atoms with E-state index >= 15 is 0 Å². The van der Waals surface area contributed by atoms with Gasteiger partial charge >= 0.3 is 0 Å². The summed E-state index contributed by atoms with van der Waals surface area (Å²) in [6, 6.07) is 4.39. The largest absolute Gasteiger partial charge is 0.383 e. The summed E-state index contributed by atoms with van der Waals surface area (Å²) in [5.41, 5.74) is 5.67. The van der Waals surface area contributed by atoms with Gasteiger partial charge in [-0.25, -0.2) is 14.4 Å². The van der Waals surface area contributed by atoms with E-state index in [1.54, 1.807) is 6.07 Å². The number of Topliss-reactive ketones (excluding diaryl/α,β-unsaturated/α-hetero) is 1. The number of nitrogen functional groups attached to an aromatic ring is 1. The lowest BCUT2D eigenvalue weighted by Crippen LogP contribution is -2.05. The highest BCUT2D eigenvalue weighted by molar-refractivity contribution is 5.95. The van der Waals surface area contributed by atoms with Crippen LogP contribution in [0.2, 0.25) is 0 Å². The number of fused-ring (bicyclic) bond motifs is 1. The van der Waals surface area contributed by atoms with Gasteiger partial charge in [0.05, 0.1) is 0 Å². The van der Waals surface area contributed by atoms with Crippen molar-refractivity contribution in [1.82, 2.24) is 9.97 Å². The Bertz CT molecular complexity index is 554. The fourth-order valence-electron chi connectivity index (χ4n) is 1.30. The Labute approximate surface area is 84.9 Å². The van der Waals surface area contributed by atoms with E-state index in [0.29, 0.717) is 5.39 Å². The fraction of sp³-hybridized carbons (Fsp3) is 0.100. The molecule has 0 aliphatic carbocycles. The lowest BCUT2D eigenvalue weighted by Gasteiger charge is -2.03. The first-order valence-electron chi connectivity index (χ1n) is 4.32. The number of para-hydroxylation sites is 1. The monoisotopic (exact) mass is 205 g/mol. The molecule has 15 heavy (non-hydrogen) atoms. The molecule has 1 aromatic carbocycles. The maximum Gasteiger partial charge on any atom is 0.198 e. The Kier molecular flexibility index (Phi) is 2.07. The molecule has 0 radical (unpaired) electrons. The molecular formula is C10H8FN3O. The maximum atomic E-state index is 13.4. The van der Waals surface area contributed by atoms with Gasteiger partial charge in [-0.3, -0.25) is 4.79 Å². The van der Waals surface area contributed by atoms with Crippen LogP contribution in [0, 0.1) is 5.82 Å². The zero-order valence-corrected chi connectivity index (χ0v) is 7.99. The SMILES string of the molecule is CC(=O)c1nc(N)c2cccc(F)c2n1. The van der Waals surface area contributed by atoms with E-state index in [1.165, 1.54) is 19.1 Å². The molecule has 76 valence electrons. The average molecular weight is 205 g/mol. The van der Waals surface area contributed by atoms with Gasteiger partial charge in [0.25, 0.3) is 0 Å². The van der Waals surface area contributed by atoms with Crippen molar-refractivity contribution in [2.45, 2.75) is 6.92 Å². The van der Waals surface area contributed by atoms with E-state index in [9.17, 15) is 9.18 Å². The minimum Gasteiger partial charge on any atom is -0.383 e. The Morgan fingerprint density at radius 3 is 2.80 bits per heavy atom. The zero-order valence-electron chi connectivity index (χ0n) is 7.99. The van der Waals surface area contributed by atoms with Crippen LogP contribution in [-0.4, -0.2) is 15.8 Å². The number of hydrogen-bond acceptors (Lipinski definition) is 4. The normalized spacial score (nSPS) is 10.5. The number of carbonyl (C=O) groups is 1. The van der Waals surface area contributed by atoms with Gasteiger partial charge in [0.15, 0.2) is 11.6 Å². The van der Waals surface area contributed by atoms with Crippen molar-refractivity contribution in [3.8, 4) is 0 Å². The minimum atomic E-state index is -0.510. The van der Waals surface area contributed by atoms with Crippen molar-refractivity contribution >= 4 is 22.5 Å². The highest BCUT2D eigenvalue weighted by Crippen LogP contribution is 2.20. The molecule has 4 nitrogen and oxygen atoms in total. The summed E-state index contributed by atoms with van der Waals surface area (Å²) in [6.45, 7) is 1.31. The molecule has 0 atom stereocenters. The number of hydrogen-bond donors (Lipinski definition) is 1. The Morgan fingerprint density at radius 2 is 2.13 bits per heavy atom. The maximum absolute atomic E-state index is 13.4. The molecule has 0 amide bonds. The van der Waals surface area contributed by atoms with Crippen molar-refractivity contribution < 1.29 is 9.18 Å². The summed E-state index contributed by atoms with van der Waals surface area (Å²) < 4.78 is 13.4. The van der Waals surface area contributed by atoms with Crippen molar-refractivity contribution in [2.24, 2.45) is 0 Å². The van der Waals surface area contributed by atoms with Crippen molar-refractivity contribution in [3.63, 3.8) is 0 Å². The molecule has 2 aromatic rings. The number of nitrogens with zero attached hydrogens (tertiary/aromatic N) is 2. The molecule has 0 unspecified atom stereocenters. The summed E-state index contributed by atoms with van der Waals surface area (Å²) in [6.07, 6.45) is 0. The van der Waals surface area contributed by atoms with E-state index < -0.39 is 5.82 Å². The lowest BCUT2D eigenvalue weighted by molar-refractivity contribution is 0.100. The van der Waals surface area contributed by atoms with Crippen LogP contribution in [0.4, 0.5) is 10.2 Å². The summed E-state index contributed by atoms with van der Waals surface area (Å²) in [5, 5.41) is 0.417. The molecule has 0 spiro atoms. The number of carbonyl (C=O) groups excluding carboxylic acids is 1. The number of aromatic nitrogens is 2. The first-order chi connectivity index (χ1) is 7.09. The quantitative estimate of drug-likeness (QED) is 0.717. The lowest BCUT2D eigenvalue weighted by atomic mass is 10.2. The van der Waals surface area contributed by atoms with Crippen LogP contribution in [0.15, 0.2) is 18.2 Å². The number of rotatable bonds is 1. The van der Waals surface area contributed by atoms with E-state index in [-0.39, 0.29) is 22.9 Å². The third-order valence-electron chi connectivity index (χ3n) is 2.02. The van der Waals surface area contributed by atoms with Crippen LogP contribution in [0.25, 0.3) is 10.9 Å². The number of benzene rings is 1.